The molecule has 4 fully saturated rings. The summed E-state index contributed by atoms with van der Waals surface area (Å²) in [6.07, 6.45) is 3.87. The molecule has 4 aliphatic heterocycles. The summed E-state index contributed by atoms with van der Waals surface area (Å²) in [6.45, 7) is 22.3. The number of cyclic esters (lactones) is 2. The minimum atomic E-state index is -0.506. The molecule has 4 heterocycles. The Balaban J connectivity index is 0.000000382. The molecule has 0 unspecified atom stereocenters. The number of piperazine rings is 2. The number of halogens is 3. The Morgan fingerprint density at radius 2 is 1.13 bits per heavy atom. The lowest BCUT2D eigenvalue weighted by Crippen LogP contribution is -2.49. The largest absolute Gasteiger partial charge is 0.443 e. The monoisotopic (exact) mass is 1110 g/mol. The SMILES string of the molecule is CCC(=S)NC[C@H]1CN(c2ccc(N3CCN(C(=O)CSC)CC3)c(F)c2)C(=O)O1.CCN(CC)CC.CCSC(=S)CC.CSCC(=O)N1CCN(c2ccc(N3C[C@H](CN)OC3=O)cc2F)CC1.Cl. The highest BCUT2D eigenvalue weighted by molar-refractivity contribution is 8.23. The molecule has 0 bridgehead atoms. The molecule has 2 aromatic carbocycles. The molecule has 6 rings (SSSR count). The molecule has 0 spiro atoms. The third-order valence-electron chi connectivity index (χ3n) is 11.8. The normalized spacial score (nSPS) is 17.5. The second-order valence-corrected chi connectivity index (χ2v) is 20.6. The minimum Gasteiger partial charge on any atom is -0.443 e. The molecule has 4 amide bonds. The summed E-state index contributed by atoms with van der Waals surface area (Å²) in [5.74, 6) is 1.51. The predicted octanol–water partition coefficient (Wildman–Crippen LogP) is 7.86. The molecule has 400 valence electrons. The lowest BCUT2D eigenvalue weighted by Gasteiger charge is -2.36. The highest BCUT2D eigenvalue weighted by Gasteiger charge is 2.34. The fourth-order valence-corrected chi connectivity index (χ4v) is 9.47. The van der Waals surface area contributed by atoms with E-state index in [1.807, 2.05) is 39.0 Å². The van der Waals surface area contributed by atoms with Crippen molar-refractivity contribution in [3.8, 4) is 0 Å². The number of carbonyl (C=O) groups excluding carboxylic acids is 4. The van der Waals surface area contributed by atoms with E-state index in [0.717, 1.165) is 27.8 Å². The van der Waals surface area contributed by atoms with Gasteiger partial charge in [0, 0.05) is 63.1 Å². The second kappa shape index (κ2) is 34.2. The van der Waals surface area contributed by atoms with Gasteiger partial charge in [-0.2, -0.15) is 23.5 Å². The summed E-state index contributed by atoms with van der Waals surface area (Å²) in [5.41, 5.74) is 7.41. The van der Waals surface area contributed by atoms with Crippen molar-refractivity contribution in [3.63, 3.8) is 0 Å². The zero-order valence-corrected chi connectivity index (χ0v) is 47.5. The van der Waals surface area contributed by atoms with Crippen LogP contribution < -0.4 is 30.7 Å². The van der Waals surface area contributed by atoms with Gasteiger partial charge in [-0.1, -0.05) is 66.0 Å². The average molecular weight is 1110 g/mol. The van der Waals surface area contributed by atoms with E-state index < -0.39 is 23.8 Å². The zero-order valence-electron chi connectivity index (χ0n) is 42.6. The van der Waals surface area contributed by atoms with Gasteiger partial charge in [-0.25, -0.2) is 18.4 Å². The number of anilines is 4. The molecule has 2 aromatic rings. The van der Waals surface area contributed by atoms with Crippen LogP contribution in [0.4, 0.5) is 41.1 Å². The van der Waals surface area contributed by atoms with E-state index in [0.29, 0.717) is 106 Å². The van der Waals surface area contributed by atoms with Gasteiger partial charge in [-0.05, 0) is 87.1 Å². The lowest BCUT2D eigenvalue weighted by atomic mass is 10.2. The van der Waals surface area contributed by atoms with Crippen LogP contribution in [-0.2, 0) is 19.1 Å². The molecular weight excluding hydrogens is 1030 g/mol. The molecule has 0 aliphatic carbocycles. The van der Waals surface area contributed by atoms with Crippen molar-refractivity contribution in [2.75, 3.05) is 148 Å². The third-order valence-corrected chi connectivity index (χ3v) is 14.8. The van der Waals surface area contributed by atoms with Crippen molar-refractivity contribution in [2.24, 2.45) is 5.73 Å². The number of benzene rings is 2. The van der Waals surface area contributed by atoms with Gasteiger partial charge in [-0.15, -0.1) is 24.2 Å². The Bertz CT molecular complexity index is 2000. The molecule has 3 N–H and O–H groups in total. The Labute approximate surface area is 450 Å². The van der Waals surface area contributed by atoms with Crippen LogP contribution in [0.2, 0.25) is 0 Å². The van der Waals surface area contributed by atoms with Gasteiger partial charge >= 0.3 is 12.2 Å². The zero-order chi connectivity index (χ0) is 51.8. The van der Waals surface area contributed by atoms with Crippen LogP contribution in [0.1, 0.15) is 54.4 Å². The molecule has 0 aromatic heterocycles. The number of nitrogens with one attached hydrogen (secondary N) is 1. The number of rotatable bonds is 17. The van der Waals surface area contributed by atoms with E-state index in [2.05, 4.69) is 44.8 Å². The van der Waals surface area contributed by atoms with Gasteiger partial charge in [0.25, 0.3) is 0 Å². The van der Waals surface area contributed by atoms with Crippen molar-refractivity contribution in [3.05, 3.63) is 48.0 Å². The maximum Gasteiger partial charge on any atom is 0.414 e. The summed E-state index contributed by atoms with van der Waals surface area (Å²) >= 11 is 14.8. The van der Waals surface area contributed by atoms with Gasteiger partial charge in [0.1, 0.15) is 23.8 Å². The van der Waals surface area contributed by atoms with E-state index in [4.69, 9.17) is 39.6 Å². The first-order valence-corrected chi connectivity index (χ1v) is 28.6. The Hall–Kier alpha value is -3.38. The topological polar surface area (TPSA) is 147 Å². The molecule has 2 atom stereocenters. The fourth-order valence-electron chi connectivity index (χ4n) is 7.64. The van der Waals surface area contributed by atoms with Gasteiger partial charge in [0.15, 0.2) is 0 Å². The highest BCUT2D eigenvalue weighted by atomic mass is 35.5. The maximum absolute atomic E-state index is 14.9. The van der Waals surface area contributed by atoms with Crippen molar-refractivity contribution in [1.29, 1.82) is 0 Å². The van der Waals surface area contributed by atoms with E-state index in [1.54, 1.807) is 36.0 Å². The number of hydrogen-bond donors (Lipinski definition) is 2. The number of carbonyl (C=O) groups is 4. The first-order valence-electron chi connectivity index (χ1n) is 24.0. The predicted molar refractivity (Wildman–Crippen MR) is 304 cm³/mol. The number of hydrogen-bond acceptors (Lipinski definition) is 15. The molecule has 0 saturated carbocycles. The van der Waals surface area contributed by atoms with Crippen LogP contribution in [0, 0.1) is 11.6 Å². The molecular formula is C48H76ClF2N9O6S5. The van der Waals surface area contributed by atoms with Crippen LogP contribution in [0.25, 0.3) is 0 Å². The van der Waals surface area contributed by atoms with Gasteiger partial charge < -0.3 is 45.0 Å². The standard InChI is InChI=1S/C20H27FN4O3S2.C17H23FN4O3S.C6H15N.C5H10S2.ClH/c1-3-18(29)22-11-15-12-25(20(27)28-15)14-4-5-17(16(21)10-14)23-6-8-24(9-7-23)19(26)13-30-2;1-26-11-16(23)21-6-4-20(5-7-21)15-3-2-12(8-14(15)18)22-10-13(9-19)25-17(22)24;1-4-7(5-2)6-3;1-3-5(6)7-4-2;/h4-5,10,15H,3,6-9,11-13H2,1-2H3,(H,22,29);2-3,8,13H,4-7,9-11,19H2,1H3;4-6H2,1-3H3;3-4H2,1-2H3;1H/t15-;13-;;;/m00.../s1. The Morgan fingerprint density at radius 1 is 0.704 bits per heavy atom. The third kappa shape index (κ3) is 20.5. The highest BCUT2D eigenvalue weighted by Crippen LogP contribution is 2.30. The van der Waals surface area contributed by atoms with Crippen LogP contribution >= 0.6 is 72.1 Å². The fraction of sp³-hybridized carbons (Fsp3) is 0.625. The molecule has 71 heavy (non-hydrogen) atoms. The first-order chi connectivity index (χ1) is 33.6. The molecule has 23 heteroatoms. The van der Waals surface area contributed by atoms with Crippen molar-refractivity contribution in [1.82, 2.24) is 20.0 Å². The number of nitrogens with zero attached hydrogens (tertiary/aromatic N) is 7. The van der Waals surface area contributed by atoms with E-state index in [-0.39, 0.29) is 43.0 Å². The van der Waals surface area contributed by atoms with Gasteiger partial charge in [0.2, 0.25) is 11.8 Å². The van der Waals surface area contributed by atoms with E-state index >= 15 is 0 Å². The molecule has 15 nitrogen and oxygen atoms in total. The summed E-state index contributed by atoms with van der Waals surface area (Å²) < 4.78 is 41.1. The molecule has 0 radical (unpaired) electrons. The van der Waals surface area contributed by atoms with E-state index in [1.165, 1.54) is 65.1 Å². The lowest BCUT2D eigenvalue weighted by molar-refractivity contribution is -0.129. The Kier molecular flexibility index (Phi) is 30.7. The number of thioether (sulfide) groups is 3. The first kappa shape index (κ1) is 63.7. The molecule has 4 saturated heterocycles. The van der Waals surface area contributed by atoms with Crippen LogP contribution in [0.15, 0.2) is 36.4 Å². The van der Waals surface area contributed by atoms with Crippen molar-refractivity contribution >= 4 is 128 Å². The van der Waals surface area contributed by atoms with Crippen LogP contribution in [-0.4, -0.2) is 188 Å². The summed E-state index contributed by atoms with van der Waals surface area (Å²) in [5, 5.41) is 3.07. The second-order valence-electron chi connectivity index (χ2n) is 16.3. The van der Waals surface area contributed by atoms with Crippen molar-refractivity contribution in [2.45, 2.75) is 66.6 Å². The maximum atomic E-state index is 14.9. The van der Waals surface area contributed by atoms with Gasteiger partial charge in [-0.3, -0.25) is 19.4 Å². The number of thiocarbonyl (C=S) groups is 2. The smallest absolute Gasteiger partial charge is 0.414 e. The van der Waals surface area contributed by atoms with Crippen molar-refractivity contribution < 1.29 is 37.4 Å². The number of nitrogens with two attached hydrogens (primary N) is 1. The average Bonchev–Trinajstić information content (AvgIpc) is 3.95. The Morgan fingerprint density at radius 3 is 1.44 bits per heavy atom. The number of amides is 4. The summed E-state index contributed by atoms with van der Waals surface area (Å²) in [4.78, 5) is 61.4. The van der Waals surface area contributed by atoms with Crippen LogP contribution in [0.3, 0.4) is 0 Å². The summed E-state index contributed by atoms with van der Waals surface area (Å²) in [6, 6.07) is 9.53. The quantitative estimate of drug-likeness (QED) is 0.148. The minimum absolute atomic E-state index is 0. The molecule has 4 aliphatic rings. The van der Waals surface area contributed by atoms with Gasteiger partial charge in [0.05, 0.1) is 58.9 Å². The summed E-state index contributed by atoms with van der Waals surface area (Å²) in [7, 11) is 0. The number of ether oxygens (including phenoxy) is 2. The van der Waals surface area contributed by atoms with E-state index in [9.17, 15) is 28.0 Å². The van der Waals surface area contributed by atoms with Crippen LogP contribution in [0.5, 0.6) is 0 Å².